The molecule has 0 spiro atoms. The van der Waals surface area contributed by atoms with Crippen molar-refractivity contribution in [3.05, 3.63) is 21.9 Å². The first kappa shape index (κ1) is 12.6. The number of rotatable bonds is 4. The van der Waals surface area contributed by atoms with E-state index in [9.17, 15) is 4.39 Å². The Labute approximate surface area is 108 Å². The van der Waals surface area contributed by atoms with Gasteiger partial charge in [0.1, 0.15) is 0 Å². The summed E-state index contributed by atoms with van der Waals surface area (Å²) in [6.07, 6.45) is 2.39. The van der Waals surface area contributed by atoms with Gasteiger partial charge in [-0.25, -0.2) is 4.39 Å². The average Bonchev–Trinajstić information content (AvgIpc) is 3.02. The first-order valence-corrected chi connectivity index (χ1v) is 6.18. The molecule has 0 bridgehead atoms. The van der Waals surface area contributed by atoms with E-state index in [2.05, 4.69) is 15.9 Å². The van der Waals surface area contributed by atoms with Gasteiger partial charge < -0.3 is 15.2 Å². The SMILES string of the molecule is COc1cc(Br)c(CC2(N)CC2)c(F)c1OC. The minimum absolute atomic E-state index is 0.134. The number of hydrogen-bond acceptors (Lipinski definition) is 3. The molecule has 17 heavy (non-hydrogen) atoms. The molecule has 1 aromatic carbocycles. The second-order valence-electron chi connectivity index (χ2n) is 4.43. The maximum atomic E-state index is 14.2. The zero-order valence-electron chi connectivity index (χ0n) is 9.85. The molecule has 1 aromatic rings. The van der Waals surface area contributed by atoms with Crippen molar-refractivity contribution in [1.29, 1.82) is 0 Å². The third-order valence-corrected chi connectivity index (χ3v) is 3.79. The lowest BCUT2D eigenvalue weighted by Crippen LogP contribution is -2.25. The predicted octanol–water partition coefficient (Wildman–Crippen LogP) is 2.64. The van der Waals surface area contributed by atoms with Crippen molar-refractivity contribution in [2.24, 2.45) is 5.73 Å². The lowest BCUT2D eigenvalue weighted by atomic mass is 10.0. The molecule has 0 radical (unpaired) electrons. The fourth-order valence-corrected chi connectivity index (χ4v) is 2.33. The van der Waals surface area contributed by atoms with Crippen molar-refractivity contribution in [1.82, 2.24) is 0 Å². The number of halogens is 2. The van der Waals surface area contributed by atoms with Gasteiger partial charge in [0.2, 0.25) is 0 Å². The number of ether oxygens (including phenoxy) is 2. The van der Waals surface area contributed by atoms with Crippen LogP contribution in [0.1, 0.15) is 18.4 Å². The molecule has 3 nitrogen and oxygen atoms in total. The summed E-state index contributed by atoms with van der Waals surface area (Å²) in [5.74, 6) is 0.118. The van der Waals surface area contributed by atoms with E-state index in [1.807, 2.05) is 0 Å². The molecule has 0 atom stereocenters. The highest BCUT2D eigenvalue weighted by Gasteiger charge is 2.39. The van der Waals surface area contributed by atoms with Crippen LogP contribution in [0.25, 0.3) is 0 Å². The van der Waals surface area contributed by atoms with Gasteiger partial charge in [-0.1, -0.05) is 15.9 Å². The van der Waals surface area contributed by atoms with Gasteiger partial charge >= 0.3 is 0 Å². The molecule has 0 heterocycles. The summed E-state index contributed by atoms with van der Waals surface area (Å²) in [5.41, 5.74) is 6.33. The van der Waals surface area contributed by atoms with Gasteiger partial charge in [-0.15, -0.1) is 0 Å². The van der Waals surface area contributed by atoms with Crippen molar-refractivity contribution in [3.8, 4) is 11.5 Å². The van der Waals surface area contributed by atoms with Crippen molar-refractivity contribution in [3.63, 3.8) is 0 Å². The molecular formula is C12H15BrFNO2. The highest BCUT2D eigenvalue weighted by atomic mass is 79.9. The van der Waals surface area contributed by atoms with Crippen molar-refractivity contribution in [2.45, 2.75) is 24.8 Å². The van der Waals surface area contributed by atoms with Gasteiger partial charge in [-0.2, -0.15) is 0 Å². The Morgan fingerprint density at radius 1 is 1.41 bits per heavy atom. The average molecular weight is 304 g/mol. The molecule has 1 aliphatic carbocycles. The molecule has 0 amide bonds. The van der Waals surface area contributed by atoms with E-state index in [1.54, 1.807) is 6.07 Å². The highest BCUT2D eigenvalue weighted by Crippen LogP contribution is 2.42. The minimum Gasteiger partial charge on any atom is -0.493 e. The molecule has 5 heteroatoms. The quantitative estimate of drug-likeness (QED) is 0.930. The van der Waals surface area contributed by atoms with Crippen molar-refractivity contribution < 1.29 is 13.9 Å². The molecule has 0 saturated heterocycles. The summed E-state index contributed by atoms with van der Waals surface area (Å²) < 4.78 is 25.0. The lowest BCUT2D eigenvalue weighted by Gasteiger charge is -2.16. The third-order valence-electron chi connectivity index (χ3n) is 3.08. The van der Waals surface area contributed by atoms with Crippen molar-refractivity contribution >= 4 is 15.9 Å². The molecule has 2 rings (SSSR count). The molecule has 1 aliphatic rings. The van der Waals surface area contributed by atoms with E-state index in [-0.39, 0.29) is 11.3 Å². The maximum absolute atomic E-state index is 14.2. The Balaban J connectivity index is 2.44. The Bertz CT molecular complexity index is 447. The zero-order valence-corrected chi connectivity index (χ0v) is 11.4. The van der Waals surface area contributed by atoms with Gasteiger partial charge in [0.15, 0.2) is 17.3 Å². The van der Waals surface area contributed by atoms with Crippen LogP contribution in [0.2, 0.25) is 0 Å². The summed E-state index contributed by atoms with van der Waals surface area (Å²) in [6, 6.07) is 1.71. The molecule has 94 valence electrons. The smallest absolute Gasteiger partial charge is 0.197 e. The summed E-state index contributed by atoms with van der Waals surface area (Å²) in [4.78, 5) is 0. The Hall–Kier alpha value is -0.810. The summed E-state index contributed by atoms with van der Waals surface area (Å²) in [6.45, 7) is 0. The van der Waals surface area contributed by atoms with Crippen molar-refractivity contribution in [2.75, 3.05) is 14.2 Å². The molecule has 0 unspecified atom stereocenters. The second kappa shape index (κ2) is 4.46. The zero-order chi connectivity index (χ0) is 12.6. The molecule has 1 fully saturated rings. The van der Waals surface area contributed by atoms with Gasteiger partial charge in [0, 0.05) is 15.6 Å². The van der Waals surface area contributed by atoms with Crippen LogP contribution in [0.5, 0.6) is 11.5 Å². The van der Waals surface area contributed by atoms with Gasteiger partial charge in [-0.05, 0) is 25.3 Å². The predicted molar refractivity (Wildman–Crippen MR) is 67.1 cm³/mol. The lowest BCUT2D eigenvalue weighted by molar-refractivity contribution is 0.335. The van der Waals surface area contributed by atoms with Gasteiger partial charge in [0.05, 0.1) is 14.2 Å². The normalized spacial score (nSPS) is 16.8. The van der Waals surface area contributed by atoms with E-state index in [0.717, 1.165) is 12.8 Å². The fraction of sp³-hybridized carbons (Fsp3) is 0.500. The minimum atomic E-state index is -0.393. The monoisotopic (exact) mass is 303 g/mol. The van der Waals surface area contributed by atoms with E-state index < -0.39 is 5.82 Å². The molecule has 2 N–H and O–H groups in total. The highest BCUT2D eigenvalue weighted by molar-refractivity contribution is 9.10. The van der Waals surface area contributed by atoms with Crippen LogP contribution in [0.4, 0.5) is 4.39 Å². The van der Waals surface area contributed by atoms with Crippen LogP contribution in [0, 0.1) is 5.82 Å². The number of methoxy groups -OCH3 is 2. The first-order chi connectivity index (χ1) is 8.00. The number of hydrogen-bond donors (Lipinski definition) is 1. The Morgan fingerprint density at radius 3 is 2.53 bits per heavy atom. The van der Waals surface area contributed by atoms with E-state index >= 15 is 0 Å². The van der Waals surface area contributed by atoms with Crippen LogP contribution in [0.3, 0.4) is 0 Å². The van der Waals surface area contributed by atoms with Crippen LogP contribution >= 0.6 is 15.9 Å². The van der Waals surface area contributed by atoms with Crippen LogP contribution in [-0.4, -0.2) is 19.8 Å². The molecule has 0 aliphatic heterocycles. The third kappa shape index (κ3) is 2.40. The summed E-state index contributed by atoms with van der Waals surface area (Å²) in [5, 5.41) is 0. The Morgan fingerprint density at radius 2 is 2.06 bits per heavy atom. The topological polar surface area (TPSA) is 44.5 Å². The number of benzene rings is 1. The van der Waals surface area contributed by atoms with Gasteiger partial charge in [-0.3, -0.25) is 0 Å². The Kier molecular flexibility index (Phi) is 3.32. The summed E-state index contributed by atoms with van der Waals surface area (Å²) >= 11 is 3.35. The second-order valence-corrected chi connectivity index (χ2v) is 5.28. The first-order valence-electron chi connectivity index (χ1n) is 5.38. The number of nitrogens with two attached hydrogens (primary N) is 1. The maximum Gasteiger partial charge on any atom is 0.197 e. The van der Waals surface area contributed by atoms with Gasteiger partial charge in [0.25, 0.3) is 0 Å². The molecule has 1 saturated carbocycles. The standard InChI is InChI=1S/C12H15BrFNO2/c1-16-9-5-8(13)7(6-12(15)3-4-12)10(14)11(9)17-2/h5H,3-4,6,15H2,1-2H3. The largest absolute Gasteiger partial charge is 0.493 e. The fourth-order valence-electron chi connectivity index (χ4n) is 1.81. The molecular weight excluding hydrogens is 289 g/mol. The van der Waals surface area contributed by atoms with E-state index in [4.69, 9.17) is 15.2 Å². The summed E-state index contributed by atoms with van der Waals surface area (Å²) in [7, 11) is 2.91. The van der Waals surface area contributed by atoms with E-state index in [1.165, 1.54) is 14.2 Å². The molecule has 0 aromatic heterocycles. The van der Waals surface area contributed by atoms with Crippen LogP contribution in [-0.2, 0) is 6.42 Å². The van der Waals surface area contributed by atoms with E-state index in [0.29, 0.717) is 22.2 Å². The van der Waals surface area contributed by atoms with Crippen LogP contribution < -0.4 is 15.2 Å². The van der Waals surface area contributed by atoms with Crippen LogP contribution in [0.15, 0.2) is 10.5 Å².